The van der Waals surface area contributed by atoms with Crippen molar-refractivity contribution in [3.05, 3.63) is 83.6 Å². The predicted octanol–water partition coefficient (Wildman–Crippen LogP) is 3.89. The Bertz CT molecular complexity index is 1410. The number of aromatic nitrogens is 1. The first-order valence-corrected chi connectivity index (χ1v) is 14.1. The number of pyridine rings is 1. The van der Waals surface area contributed by atoms with Gasteiger partial charge in [0.2, 0.25) is 5.88 Å². The molecule has 3 rings (SSSR count). The van der Waals surface area contributed by atoms with E-state index in [1.807, 2.05) is 18.6 Å². The fourth-order valence-electron chi connectivity index (χ4n) is 3.30. The van der Waals surface area contributed by atoms with Crippen molar-refractivity contribution in [3.8, 4) is 11.6 Å². The van der Waals surface area contributed by atoms with E-state index in [4.69, 9.17) is 14.2 Å². The molecule has 2 amide bonds. The van der Waals surface area contributed by atoms with Crippen LogP contribution in [0.2, 0.25) is 0 Å². The summed E-state index contributed by atoms with van der Waals surface area (Å²) in [6, 6.07) is 15.3. The number of hydrogen-bond donors (Lipinski definition) is 2. The second-order valence-electron chi connectivity index (χ2n) is 8.62. The first-order valence-electron chi connectivity index (χ1n) is 12.6. The number of hydrogen-bond acceptors (Lipinski definition) is 9. The third-order valence-corrected chi connectivity index (χ3v) is 6.99. The molecule has 11 nitrogen and oxygen atoms in total. The molecular weight excluding hydrogens is 538 g/mol. The highest BCUT2D eigenvalue weighted by Crippen LogP contribution is 2.15. The lowest BCUT2D eigenvalue weighted by Crippen LogP contribution is -2.30. The number of rotatable bonds is 12. The Labute approximate surface area is 232 Å². The zero-order chi connectivity index (χ0) is 29.1. The summed E-state index contributed by atoms with van der Waals surface area (Å²) < 4.78 is 42.6. The van der Waals surface area contributed by atoms with Gasteiger partial charge in [-0.2, -0.15) is 0 Å². The van der Waals surface area contributed by atoms with Crippen molar-refractivity contribution in [2.45, 2.75) is 44.6 Å². The van der Waals surface area contributed by atoms with E-state index in [2.05, 4.69) is 10.3 Å². The van der Waals surface area contributed by atoms with Crippen LogP contribution in [0, 0.1) is 0 Å². The van der Waals surface area contributed by atoms with Crippen LogP contribution in [0.4, 0.5) is 4.79 Å². The molecule has 0 radical (unpaired) electrons. The highest BCUT2D eigenvalue weighted by atomic mass is 32.2. The van der Waals surface area contributed by atoms with E-state index < -0.39 is 22.1 Å². The van der Waals surface area contributed by atoms with E-state index in [1.165, 1.54) is 24.3 Å². The maximum absolute atomic E-state index is 12.7. The normalized spacial score (nSPS) is 11.7. The zero-order valence-corrected chi connectivity index (χ0v) is 23.2. The molecule has 0 saturated carbocycles. The van der Waals surface area contributed by atoms with E-state index in [0.717, 1.165) is 11.8 Å². The van der Waals surface area contributed by atoms with Crippen LogP contribution in [0.1, 0.15) is 53.5 Å². The minimum absolute atomic E-state index is 0.0499. The molecule has 0 bridgehead atoms. The lowest BCUT2D eigenvalue weighted by molar-refractivity contribution is 0.0631. The largest absolute Gasteiger partial charge is 0.515 e. The van der Waals surface area contributed by atoms with Gasteiger partial charge in [0, 0.05) is 24.4 Å². The smallest absolute Gasteiger partial charge is 0.494 e. The van der Waals surface area contributed by atoms with Crippen molar-refractivity contribution in [1.82, 2.24) is 15.0 Å². The van der Waals surface area contributed by atoms with Crippen molar-refractivity contribution >= 4 is 28.0 Å². The summed E-state index contributed by atoms with van der Waals surface area (Å²) in [5.74, 6) is -0.545. The van der Waals surface area contributed by atoms with Gasteiger partial charge in [-0.25, -0.2) is 22.9 Å². The minimum Gasteiger partial charge on any atom is -0.494 e. The average molecular weight is 570 g/mol. The summed E-state index contributed by atoms with van der Waals surface area (Å²) in [5.41, 5.74) is 1.25. The van der Waals surface area contributed by atoms with Crippen LogP contribution in [-0.2, 0) is 21.2 Å². The molecule has 1 aromatic heterocycles. The summed E-state index contributed by atoms with van der Waals surface area (Å²) in [4.78, 5) is 40.2. The van der Waals surface area contributed by atoms with E-state index in [9.17, 15) is 22.8 Å². The summed E-state index contributed by atoms with van der Waals surface area (Å²) in [7, 11) is -4.16. The number of ether oxygens (including phenoxy) is 3. The number of amides is 2. The SMILES string of the molecule is CCOc1ccc(C(=O)NCCc2ccc(S(=O)(=O)NC(=O)c3ccc(OC(=O)O[C@H](C)CC)nc3)cc2)cc1. The minimum atomic E-state index is -4.16. The number of sulfonamides is 1. The Morgan fingerprint density at radius 1 is 0.900 bits per heavy atom. The molecule has 212 valence electrons. The monoisotopic (exact) mass is 569 g/mol. The quantitative estimate of drug-likeness (QED) is 0.310. The van der Waals surface area contributed by atoms with Gasteiger partial charge in [-0.15, -0.1) is 0 Å². The maximum Gasteiger partial charge on any atom is 0.515 e. The first-order chi connectivity index (χ1) is 19.1. The van der Waals surface area contributed by atoms with E-state index in [1.54, 1.807) is 43.3 Å². The van der Waals surface area contributed by atoms with Crippen molar-refractivity contribution in [1.29, 1.82) is 0 Å². The van der Waals surface area contributed by atoms with Crippen LogP contribution in [0.5, 0.6) is 11.6 Å². The molecule has 0 spiro atoms. The third kappa shape index (κ3) is 8.80. The average Bonchev–Trinajstić information content (AvgIpc) is 2.94. The van der Waals surface area contributed by atoms with Gasteiger partial charge in [-0.3, -0.25) is 9.59 Å². The zero-order valence-electron chi connectivity index (χ0n) is 22.4. The van der Waals surface area contributed by atoms with Crippen LogP contribution < -0.4 is 19.5 Å². The predicted molar refractivity (Wildman–Crippen MR) is 146 cm³/mol. The van der Waals surface area contributed by atoms with Gasteiger partial charge in [0.1, 0.15) is 11.9 Å². The number of carbonyl (C=O) groups excluding carboxylic acids is 3. The highest BCUT2D eigenvalue weighted by molar-refractivity contribution is 7.90. The van der Waals surface area contributed by atoms with Crippen molar-refractivity contribution in [2.24, 2.45) is 0 Å². The van der Waals surface area contributed by atoms with Crippen LogP contribution in [0.25, 0.3) is 0 Å². The molecule has 2 aromatic carbocycles. The second-order valence-corrected chi connectivity index (χ2v) is 10.3. The number of nitrogens with zero attached hydrogens (tertiary/aromatic N) is 1. The van der Waals surface area contributed by atoms with Gasteiger partial charge < -0.3 is 19.5 Å². The Balaban J connectivity index is 1.50. The molecule has 1 atom stereocenters. The number of nitrogens with one attached hydrogen (secondary N) is 2. The first kappa shape index (κ1) is 30.1. The van der Waals surface area contributed by atoms with Crippen LogP contribution in [0.15, 0.2) is 71.8 Å². The molecule has 2 N–H and O–H groups in total. The topological polar surface area (TPSA) is 150 Å². The molecule has 0 aliphatic heterocycles. The Hall–Kier alpha value is -4.45. The molecule has 40 heavy (non-hydrogen) atoms. The standard InChI is InChI=1S/C28H31N3O8S/c1-4-19(3)38-28(34)39-25-15-10-22(18-30-25)27(33)31-40(35,36)24-13-6-20(7-14-24)16-17-29-26(32)21-8-11-23(12-9-21)37-5-2/h6-15,18-19H,4-5,16-17H2,1-3H3,(H,29,32)(H,31,33)/t19-/m1/s1. The van der Waals surface area contributed by atoms with E-state index >= 15 is 0 Å². The number of carbonyl (C=O) groups is 3. The van der Waals surface area contributed by atoms with Gasteiger partial charge in [0.15, 0.2) is 0 Å². The van der Waals surface area contributed by atoms with E-state index in [0.29, 0.717) is 37.3 Å². The van der Waals surface area contributed by atoms with Crippen molar-refractivity contribution in [2.75, 3.05) is 13.2 Å². The fraction of sp³-hybridized carbons (Fsp3) is 0.286. The molecule has 0 aliphatic rings. The van der Waals surface area contributed by atoms with Crippen molar-refractivity contribution in [3.63, 3.8) is 0 Å². The molecular formula is C28H31N3O8S. The fourth-order valence-corrected chi connectivity index (χ4v) is 4.27. The van der Waals surface area contributed by atoms with Gasteiger partial charge >= 0.3 is 6.16 Å². The molecule has 0 aliphatic carbocycles. The Morgan fingerprint density at radius 3 is 2.17 bits per heavy atom. The van der Waals surface area contributed by atoms with Crippen LogP contribution >= 0.6 is 0 Å². The van der Waals surface area contributed by atoms with Gasteiger partial charge in [0.25, 0.3) is 21.8 Å². The summed E-state index contributed by atoms with van der Waals surface area (Å²) in [6.45, 7) is 6.32. The van der Waals surface area contributed by atoms with Gasteiger partial charge in [-0.05, 0) is 74.7 Å². The Kier molecular flexibility index (Phi) is 10.6. The molecule has 0 fully saturated rings. The summed E-state index contributed by atoms with van der Waals surface area (Å²) >= 11 is 0. The van der Waals surface area contributed by atoms with Crippen LogP contribution in [-0.4, -0.2) is 50.6 Å². The van der Waals surface area contributed by atoms with Gasteiger partial charge in [0.05, 0.1) is 17.1 Å². The second kappa shape index (κ2) is 14.1. The third-order valence-electron chi connectivity index (χ3n) is 5.65. The molecule has 1 heterocycles. The lowest BCUT2D eigenvalue weighted by atomic mass is 10.1. The van der Waals surface area contributed by atoms with Crippen molar-refractivity contribution < 1.29 is 37.0 Å². The highest BCUT2D eigenvalue weighted by Gasteiger charge is 2.20. The summed E-state index contributed by atoms with van der Waals surface area (Å²) in [5, 5.41) is 2.82. The summed E-state index contributed by atoms with van der Waals surface area (Å²) in [6.07, 6.45) is 0.914. The Morgan fingerprint density at radius 2 is 1.57 bits per heavy atom. The van der Waals surface area contributed by atoms with Crippen LogP contribution in [0.3, 0.4) is 0 Å². The molecule has 0 saturated heterocycles. The molecule has 12 heteroatoms. The number of benzene rings is 2. The lowest BCUT2D eigenvalue weighted by Gasteiger charge is -2.10. The van der Waals surface area contributed by atoms with Gasteiger partial charge in [-0.1, -0.05) is 19.1 Å². The van der Waals surface area contributed by atoms with E-state index in [-0.39, 0.29) is 28.4 Å². The molecule has 3 aromatic rings. The maximum atomic E-state index is 12.7. The molecule has 0 unspecified atom stereocenters.